The SMILES string of the molecule is CNCC(O)c1cccc([N+](=O)[O-])c1Br. The van der Waals surface area contributed by atoms with Crippen LogP contribution in [0.3, 0.4) is 0 Å². The first-order valence-electron chi connectivity index (χ1n) is 4.33. The van der Waals surface area contributed by atoms with Crippen LogP contribution in [-0.4, -0.2) is 23.6 Å². The van der Waals surface area contributed by atoms with Gasteiger partial charge in [-0.3, -0.25) is 10.1 Å². The summed E-state index contributed by atoms with van der Waals surface area (Å²) < 4.78 is 0.331. The normalized spacial score (nSPS) is 12.5. The van der Waals surface area contributed by atoms with Crippen LogP contribution in [0.2, 0.25) is 0 Å². The summed E-state index contributed by atoms with van der Waals surface area (Å²) in [6, 6.07) is 4.59. The van der Waals surface area contributed by atoms with Gasteiger partial charge in [0.15, 0.2) is 0 Å². The van der Waals surface area contributed by atoms with Crippen LogP contribution in [0.15, 0.2) is 22.7 Å². The average molecular weight is 275 g/mol. The number of benzene rings is 1. The van der Waals surface area contributed by atoms with E-state index in [0.29, 0.717) is 16.6 Å². The van der Waals surface area contributed by atoms with Gasteiger partial charge in [0.05, 0.1) is 11.0 Å². The molecular weight excluding hydrogens is 264 g/mol. The van der Waals surface area contributed by atoms with Gasteiger partial charge < -0.3 is 10.4 Å². The smallest absolute Gasteiger partial charge is 0.283 e. The number of likely N-dealkylation sites (N-methyl/N-ethyl adjacent to an activating group) is 1. The Morgan fingerprint density at radius 2 is 2.33 bits per heavy atom. The number of hydrogen-bond donors (Lipinski definition) is 2. The van der Waals surface area contributed by atoms with Gasteiger partial charge >= 0.3 is 0 Å². The summed E-state index contributed by atoms with van der Waals surface area (Å²) in [5, 5.41) is 23.1. The number of hydrogen-bond acceptors (Lipinski definition) is 4. The number of nitrogens with zero attached hydrogens (tertiary/aromatic N) is 1. The quantitative estimate of drug-likeness (QED) is 0.646. The minimum absolute atomic E-state index is 0.0392. The fraction of sp³-hybridized carbons (Fsp3) is 0.333. The number of nitro benzene ring substituents is 1. The van der Waals surface area contributed by atoms with E-state index in [2.05, 4.69) is 21.2 Å². The van der Waals surface area contributed by atoms with Crippen molar-refractivity contribution >= 4 is 21.6 Å². The third kappa shape index (κ3) is 2.74. The molecule has 0 amide bonds. The Bertz CT molecular complexity index is 370. The van der Waals surface area contributed by atoms with Crippen LogP contribution in [0, 0.1) is 10.1 Å². The molecule has 0 aliphatic carbocycles. The summed E-state index contributed by atoms with van der Waals surface area (Å²) in [5.74, 6) is 0. The molecule has 0 spiro atoms. The van der Waals surface area contributed by atoms with Crippen LogP contribution in [0.5, 0.6) is 0 Å². The van der Waals surface area contributed by atoms with Crippen molar-refractivity contribution in [1.82, 2.24) is 5.32 Å². The summed E-state index contributed by atoms with van der Waals surface area (Å²) in [7, 11) is 1.70. The van der Waals surface area contributed by atoms with E-state index in [1.54, 1.807) is 19.2 Å². The Kier molecular flexibility index (Phi) is 4.19. The second-order valence-electron chi connectivity index (χ2n) is 3.01. The van der Waals surface area contributed by atoms with Gasteiger partial charge in [0.2, 0.25) is 0 Å². The molecule has 82 valence electrons. The van der Waals surface area contributed by atoms with E-state index in [9.17, 15) is 15.2 Å². The molecule has 0 aliphatic heterocycles. The first-order chi connectivity index (χ1) is 7.07. The second kappa shape index (κ2) is 5.20. The maximum absolute atomic E-state index is 10.6. The largest absolute Gasteiger partial charge is 0.387 e. The molecule has 1 aromatic rings. The standard InChI is InChI=1S/C9H11BrN2O3/c1-11-5-8(13)6-3-2-4-7(9(6)10)12(14)15/h2-4,8,11,13H,5H2,1H3. The zero-order chi connectivity index (χ0) is 11.4. The van der Waals surface area contributed by atoms with E-state index in [-0.39, 0.29) is 5.69 Å². The molecule has 0 radical (unpaired) electrons. The van der Waals surface area contributed by atoms with Crippen molar-refractivity contribution in [3.63, 3.8) is 0 Å². The molecule has 5 nitrogen and oxygen atoms in total. The fourth-order valence-corrected chi connectivity index (χ4v) is 1.91. The number of rotatable bonds is 4. The highest BCUT2D eigenvalue weighted by atomic mass is 79.9. The molecule has 0 fully saturated rings. The van der Waals surface area contributed by atoms with Gasteiger partial charge in [-0.2, -0.15) is 0 Å². The number of halogens is 1. The Hall–Kier alpha value is -0.980. The molecule has 15 heavy (non-hydrogen) atoms. The summed E-state index contributed by atoms with van der Waals surface area (Å²) in [6.07, 6.45) is -0.760. The third-order valence-corrected chi connectivity index (χ3v) is 2.83. The minimum atomic E-state index is -0.760. The highest BCUT2D eigenvalue weighted by Crippen LogP contribution is 2.31. The summed E-state index contributed by atoms with van der Waals surface area (Å²) in [4.78, 5) is 10.1. The van der Waals surface area contributed by atoms with Crippen molar-refractivity contribution in [1.29, 1.82) is 0 Å². The molecule has 0 bridgehead atoms. The molecule has 0 aliphatic rings. The Labute approximate surface area is 95.4 Å². The van der Waals surface area contributed by atoms with Gasteiger partial charge in [-0.05, 0) is 23.0 Å². The van der Waals surface area contributed by atoms with Crippen LogP contribution in [-0.2, 0) is 0 Å². The maximum Gasteiger partial charge on any atom is 0.283 e. The van der Waals surface area contributed by atoms with Crippen LogP contribution in [0.4, 0.5) is 5.69 Å². The minimum Gasteiger partial charge on any atom is -0.387 e. The van der Waals surface area contributed by atoms with Crippen molar-refractivity contribution in [2.75, 3.05) is 13.6 Å². The topological polar surface area (TPSA) is 75.4 Å². The molecule has 0 saturated heterocycles. The van der Waals surface area contributed by atoms with Crippen LogP contribution in [0.25, 0.3) is 0 Å². The predicted molar refractivity (Wildman–Crippen MR) is 59.7 cm³/mol. The Balaban J connectivity index is 3.09. The van der Waals surface area contributed by atoms with Gasteiger partial charge in [-0.1, -0.05) is 12.1 Å². The van der Waals surface area contributed by atoms with Gasteiger partial charge in [0.1, 0.15) is 4.47 Å². The lowest BCUT2D eigenvalue weighted by Gasteiger charge is -2.11. The van der Waals surface area contributed by atoms with Gasteiger partial charge in [0, 0.05) is 18.2 Å². The van der Waals surface area contributed by atoms with Crippen molar-refractivity contribution in [2.45, 2.75) is 6.10 Å². The van der Waals surface area contributed by atoms with Gasteiger partial charge in [-0.15, -0.1) is 0 Å². The zero-order valence-electron chi connectivity index (χ0n) is 8.11. The first-order valence-corrected chi connectivity index (χ1v) is 5.12. The molecule has 1 atom stereocenters. The summed E-state index contributed by atoms with van der Waals surface area (Å²) in [5.41, 5.74) is 0.473. The number of aliphatic hydroxyl groups is 1. The summed E-state index contributed by atoms with van der Waals surface area (Å²) in [6.45, 7) is 0.347. The van der Waals surface area contributed by atoms with E-state index in [1.165, 1.54) is 6.07 Å². The first kappa shape index (κ1) is 12.1. The molecule has 6 heteroatoms. The molecule has 0 heterocycles. The highest BCUT2D eigenvalue weighted by molar-refractivity contribution is 9.10. The highest BCUT2D eigenvalue weighted by Gasteiger charge is 2.18. The summed E-state index contributed by atoms with van der Waals surface area (Å²) >= 11 is 3.12. The Morgan fingerprint density at radius 3 is 2.87 bits per heavy atom. The van der Waals surface area contributed by atoms with E-state index >= 15 is 0 Å². The van der Waals surface area contributed by atoms with Crippen LogP contribution < -0.4 is 5.32 Å². The number of nitro groups is 1. The molecule has 1 aromatic carbocycles. The van der Waals surface area contributed by atoms with Gasteiger partial charge in [-0.25, -0.2) is 0 Å². The Morgan fingerprint density at radius 1 is 1.67 bits per heavy atom. The number of aliphatic hydroxyl groups excluding tert-OH is 1. The molecule has 2 N–H and O–H groups in total. The van der Waals surface area contributed by atoms with Gasteiger partial charge in [0.25, 0.3) is 5.69 Å². The molecule has 0 saturated carbocycles. The number of nitrogens with one attached hydrogen (secondary N) is 1. The van der Waals surface area contributed by atoms with Crippen molar-refractivity contribution in [3.05, 3.63) is 38.3 Å². The lowest BCUT2D eigenvalue weighted by atomic mass is 10.1. The van der Waals surface area contributed by atoms with E-state index in [0.717, 1.165) is 0 Å². The zero-order valence-corrected chi connectivity index (χ0v) is 9.69. The predicted octanol–water partition coefficient (Wildman–Crippen LogP) is 1.61. The van der Waals surface area contributed by atoms with Crippen molar-refractivity contribution in [3.8, 4) is 0 Å². The third-order valence-electron chi connectivity index (χ3n) is 1.96. The van der Waals surface area contributed by atoms with E-state index < -0.39 is 11.0 Å². The maximum atomic E-state index is 10.6. The molecule has 1 unspecified atom stereocenters. The fourth-order valence-electron chi connectivity index (χ4n) is 1.24. The second-order valence-corrected chi connectivity index (χ2v) is 3.80. The lowest BCUT2D eigenvalue weighted by molar-refractivity contribution is -0.385. The monoisotopic (exact) mass is 274 g/mol. The average Bonchev–Trinajstić information content (AvgIpc) is 2.17. The molecule has 0 aromatic heterocycles. The van der Waals surface area contributed by atoms with Crippen molar-refractivity contribution in [2.24, 2.45) is 0 Å². The van der Waals surface area contributed by atoms with E-state index in [1.807, 2.05) is 0 Å². The lowest BCUT2D eigenvalue weighted by Crippen LogP contribution is -2.17. The van der Waals surface area contributed by atoms with Crippen molar-refractivity contribution < 1.29 is 10.0 Å². The molecular formula is C9H11BrN2O3. The molecule has 1 rings (SSSR count). The van der Waals surface area contributed by atoms with Crippen LogP contribution >= 0.6 is 15.9 Å². The van der Waals surface area contributed by atoms with E-state index in [4.69, 9.17) is 0 Å². The van der Waals surface area contributed by atoms with Crippen LogP contribution in [0.1, 0.15) is 11.7 Å².